The summed E-state index contributed by atoms with van der Waals surface area (Å²) < 4.78 is 0.886. The minimum atomic E-state index is 0.252. The predicted octanol–water partition coefficient (Wildman–Crippen LogP) is 4.77. The van der Waals surface area contributed by atoms with Crippen LogP contribution in [0.3, 0.4) is 0 Å². The van der Waals surface area contributed by atoms with Crippen LogP contribution in [-0.2, 0) is 0 Å². The third kappa shape index (κ3) is 3.14. The van der Waals surface area contributed by atoms with Gasteiger partial charge in [0.1, 0.15) is 11.0 Å². The number of pyridine rings is 1. The molecule has 0 saturated carbocycles. The Balaban J connectivity index is 2.37. The molecule has 2 rings (SSSR count). The second-order valence-electron chi connectivity index (χ2n) is 3.42. The lowest BCUT2D eigenvalue weighted by atomic mass is 10.2. The Morgan fingerprint density at radius 3 is 2.72 bits per heavy atom. The Morgan fingerprint density at radius 2 is 2.00 bits per heavy atom. The van der Waals surface area contributed by atoms with Crippen molar-refractivity contribution in [1.82, 2.24) is 4.98 Å². The first-order valence-corrected chi connectivity index (χ1v) is 6.43. The van der Waals surface area contributed by atoms with Crippen LogP contribution in [0.4, 0.5) is 11.5 Å². The summed E-state index contributed by atoms with van der Waals surface area (Å²) in [6, 6.07) is 10.5. The monoisotopic (exact) mass is 341 g/mol. The molecule has 3 nitrogen and oxygen atoms in total. The van der Waals surface area contributed by atoms with Gasteiger partial charge in [0.25, 0.3) is 0 Å². The van der Waals surface area contributed by atoms with Crippen LogP contribution in [0, 0.1) is 11.3 Å². The smallest absolute Gasteiger partial charge is 0.133 e. The topological polar surface area (TPSA) is 48.7 Å². The Morgan fingerprint density at radius 1 is 1.22 bits per heavy atom. The van der Waals surface area contributed by atoms with Gasteiger partial charge in [0.15, 0.2) is 0 Å². The van der Waals surface area contributed by atoms with Crippen molar-refractivity contribution in [2.45, 2.75) is 0 Å². The summed E-state index contributed by atoms with van der Waals surface area (Å²) in [5.41, 5.74) is 1.12. The predicted molar refractivity (Wildman–Crippen MR) is 76.4 cm³/mol. The highest BCUT2D eigenvalue weighted by Gasteiger charge is 2.05. The van der Waals surface area contributed by atoms with Crippen molar-refractivity contribution in [3.8, 4) is 6.07 Å². The molecule has 90 valence electrons. The molecule has 0 unspecified atom stereocenters. The number of nitrogens with zero attached hydrogens (tertiary/aromatic N) is 2. The summed E-state index contributed by atoms with van der Waals surface area (Å²) in [4.78, 5) is 4.08. The minimum Gasteiger partial charge on any atom is -0.339 e. The number of hydrogen-bond acceptors (Lipinski definition) is 3. The lowest BCUT2D eigenvalue weighted by Crippen LogP contribution is -1.95. The largest absolute Gasteiger partial charge is 0.339 e. The number of nitrogens with one attached hydrogen (secondary N) is 1. The van der Waals surface area contributed by atoms with Gasteiger partial charge in [-0.05, 0) is 30.3 Å². The molecule has 0 radical (unpaired) electrons. The number of aromatic nitrogens is 1. The normalized spacial score (nSPS) is 9.89. The van der Waals surface area contributed by atoms with E-state index < -0.39 is 0 Å². The van der Waals surface area contributed by atoms with E-state index in [1.165, 1.54) is 6.07 Å². The highest BCUT2D eigenvalue weighted by atomic mass is 79.9. The zero-order valence-electron chi connectivity index (χ0n) is 8.92. The van der Waals surface area contributed by atoms with Crippen molar-refractivity contribution in [3.63, 3.8) is 0 Å². The fourth-order valence-corrected chi connectivity index (χ4v) is 2.09. The SMILES string of the molecule is N#Cc1cc(Cl)nc(Nc2cc(Br)ccc2Cl)c1. The van der Waals surface area contributed by atoms with E-state index in [0.29, 0.717) is 22.1 Å². The summed E-state index contributed by atoms with van der Waals surface area (Å²) in [5, 5.41) is 12.7. The average Bonchev–Trinajstić information content (AvgIpc) is 2.33. The fraction of sp³-hybridized carbons (Fsp3) is 0. The van der Waals surface area contributed by atoms with Crippen LogP contribution >= 0.6 is 39.1 Å². The van der Waals surface area contributed by atoms with E-state index >= 15 is 0 Å². The van der Waals surface area contributed by atoms with Gasteiger partial charge in [0, 0.05) is 4.47 Å². The molecule has 0 fully saturated rings. The Kier molecular flexibility index (Phi) is 4.07. The van der Waals surface area contributed by atoms with Crippen LogP contribution in [0.1, 0.15) is 5.56 Å². The van der Waals surface area contributed by atoms with Crippen molar-refractivity contribution < 1.29 is 0 Å². The van der Waals surface area contributed by atoms with E-state index in [4.69, 9.17) is 28.5 Å². The van der Waals surface area contributed by atoms with Crippen molar-refractivity contribution in [3.05, 3.63) is 50.5 Å². The first-order chi connectivity index (χ1) is 8.58. The minimum absolute atomic E-state index is 0.252. The van der Waals surface area contributed by atoms with Crippen molar-refractivity contribution in [2.75, 3.05) is 5.32 Å². The lowest BCUT2D eigenvalue weighted by Gasteiger charge is -2.08. The third-order valence-electron chi connectivity index (χ3n) is 2.11. The van der Waals surface area contributed by atoms with Crippen LogP contribution in [0.15, 0.2) is 34.8 Å². The summed E-state index contributed by atoms with van der Waals surface area (Å²) in [7, 11) is 0. The molecule has 1 N–H and O–H groups in total. The maximum absolute atomic E-state index is 8.85. The fourth-order valence-electron chi connectivity index (χ4n) is 1.36. The molecule has 0 spiro atoms. The Hall–Kier alpha value is -1.28. The summed E-state index contributed by atoms with van der Waals surface area (Å²) in [6.07, 6.45) is 0. The van der Waals surface area contributed by atoms with Crippen LogP contribution < -0.4 is 5.32 Å². The molecule has 0 amide bonds. The maximum Gasteiger partial charge on any atom is 0.133 e. The number of rotatable bonds is 2. The Bertz CT molecular complexity index is 638. The Labute approximate surface area is 122 Å². The number of halogens is 3. The van der Waals surface area contributed by atoms with Crippen LogP contribution in [0.25, 0.3) is 0 Å². The standard InChI is InChI=1S/C12H6BrCl2N3/c13-8-1-2-9(14)10(5-8)17-12-4-7(6-16)3-11(15)18-12/h1-5H,(H,17,18). The molecule has 0 aliphatic carbocycles. The van der Waals surface area contributed by atoms with E-state index in [0.717, 1.165) is 4.47 Å². The molecular weight excluding hydrogens is 337 g/mol. The van der Waals surface area contributed by atoms with Gasteiger partial charge in [0.2, 0.25) is 0 Å². The molecule has 6 heteroatoms. The molecule has 2 aromatic rings. The number of nitriles is 1. The molecule has 1 aromatic carbocycles. The van der Waals surface area contributed by atoms with Gasteiger partial charge >= 0.3 is 0 Å². The van der Waals surface area contributed by atoms with Gasteiger partial charge in [-0.1, -0.05) is 39.1 Å². The van der Waals surface area contributed by atoms with Crippen molar-refractivity contribution in [1.29, 1.82) is 5.26 Å². The molecule has 18 heavy (non-hydrogen) atoms. The first kappa shape index (κ1) is 13.2. The quantitative estimate of drug-likeness (QED) is 0.800. The lowest BCUT2D eigenvalue weighted by molar-refractivity contribution is 1.29. The van der Waals surface area contributed by atoms with Gasteiger partial charge in [-0.15, -0.1) is 0 Å². The van der Waals surface area contributed by atoms with Gasteiger partial charge < -0.3 is 5.32 Å². The van der Waals surface area contributed by atoms with E-state index in [1.807, 2.05) is 18.2 Å². The summed E-state index contributed by atoms with van der Waals surface area (Å²) in [6.45, 7) is 0. The molecule has 0 aliphatic heterocycles. The van der Waals surface area contributed by atoms with Crippen LogP contribution in [0.2, 0.25) is 10.2 Å². The van der Waals surface area contributed by atoms with E-state index in [9.17, 15) is 0 Å². The number of anilines is 2. The van der Waals surface area contributed by atoms with Gasteiger partial charge in [-0.25, -0.2) is 4.98 Å². The zero-order valence-corrected chi connectivity index (χ0v) is 12.0. The second kappa shape index (κ2) is 5.57. The third-order valence-corrected chi connectivity index (χ3v) is 3.13. The van der Waals surface area contributed by atoms with Crippen molar-refractivity contribution >= 4 is 50.6 Å². The molecule has 0 bridgehead atoms. The first-order valence-electron chi connectivity index (χ1n) is 4.88. The average molecular weight is 343 g/mol. The molecule has 0 atom stereocenters. The molecule has 0 saturated heterocycles. The molecule has 1 heterocycles. The molecule has 1 aromatic heterocycles. The van der Waals surface area contributed by atoms with E-state index in [2.05, 4.69) is 26.2 Å². The van der Waals surface area contributed by atoms with E-state index in [1.54, 1.807) is 12.1 Å². The van der Waals surface area contributed by atoms with E-state index in [-0.39, 0.29) is 5.15 Å². The second-order valence-corrected chi connectivity index (χ2v) is 5.13. The van der Waals surface area contributed by atoms with Gasteiger partial charge in [-0.2, -0.15) is 5.26 Å². The zero-order chi connectivity index (χ0) is 13.1. The molecular formula is C12H6BrCl2N3. The van der Waals surface area contributed by atoms with Crippen LogP contribution in [-0.4, -0.2) is 4.98 Å². The number of hydrogen-bond donors (Lipinski definition) is 1. The van der Waals surface area contributed by atoms with Crippen molar-refractivity contribution in [2.24, 2.45) is 0 Å². The van der Waals surface area contributed by atoms with Crippen LogP contribution in [0.5, 0.6) is 0 Å². The summed E-state index contributed by atoms with van der Waals surface area (Å²) in [5.74, 6) is 0.471. The highest BCUT2D eigenvalue weighted by molar-refractivity contribution is 9.10. The van der Waals surface area contributed by atoms with Gasteiger partial charge in [0.05, 0.1) is 22.3 Å². The van der Waals surface area contributed by atoms with Gasteiger partial charge in [-0.3, -0.25) is 0 Å². The number of benzene rings is 1. The highest BCUT2D eigenvalue weighted by Crippen LogP contribution is 2.28. The maximum atomic E-state index is 8.85. The molecule has 0 aliphatic rings. The summed E-state index contributed by atoms with van der Waals surface area (Å²) >= 11 is 15.2.